The highest BCUT2D eigenvalue weighted by Gasteiger charge is 2.26. The molecule has 102 valence electrons. The van der Waals surface area contributed by atoms with Crippen molar-refractivity contribution in [3.05, 3.63) is 0 Å². The Balaban J connectivity index is 1.83. The van der Waals surface area contributed by atoms with Gasteiger partial charge in [-0.25, -0.2) is 0 Å². The molecule has 0 aromatic rings. The van der Waals surface area contributed by atoms with Crippen LogP contribution in [0.3, 0.4) is 0 Å². The fourth-order valence-electron chi connectivity index (χ4n) is 3.42. The minimum atomic E-state index is 0.738. The molecule has 2 aliphatic rings. The van der Waals surface area contributed by atoms with Gasteiger partial charge in [0.25, 0.3) is 0 Å². The second kappa shape index (κ2) is 7.81. The molecule has 0 spiro atoms. The van der Waals surface area contributed by atoms with Crippen molar-refractivity contribution in [2.24, 2.45) is 5.92 Å². The highest BCUT2D eigenvalue weighted by atomic mass is 15.2. The first-order valence-corrected chi connectivity index (χ1v) is 7.75. The van der Waals surface area contributed by atoms with Gasteiger partial charge < -0.3 is 10.2 Å². The van der Waals surface area contributed by atoms with Crippen LogP contribution < -0.4 is 5.32 Å². The van der Waals surface area contributed by atoms with Crippen molar-refractivity contribution in [3.8, 4) is 11.8 Å². The van der Waals surface area contributed by atoms with Crippen LogP contribution in [-0.2, 0) is 0 Å². The summed E-state index contributed by atoms with van der Waals surface area (Å²) in [5.74, 6) is 7.13. The average Bonchev–Trinajstić information content (AvgIpc) is 2.66. The summed E-state index contributed by atoms with van der Waals surface area (Å²) >= 11 is 0. The molecule has 1 N–H and O–H groups in total. The van der Waals surface area contributed by atoms with E-state index in [9.17, 15) is 0 Å². The number of rotatable bonds is 3. The maximum absolute atomic E-state index is 3.79. The van der Waals surface area contributed by atoms with Gasteiger partial charge in [0.15, 0.2) is 0 Å². The average molecular weight is 248 g/mol. The van der Waals surface area contributed by atoms with Crippen LogP contribution in [0.1, 0.15) is 51.9 Å². The Morgan fingerprint density at radius 3 is 2.78 bits per heavy atom. The van der Waals surface area contributed by atoms with Gasteiger partial charge in [-0.2, -0.15) is 0 Å². The zero-order valence-corrected chi connectivity index (χ0v) is 11.9. The second-order valence-corrected chi connectivity index (χ2v) is 5.79. The van der Waals surface area contributed by atoms with Gasteiger partial charge in [0.2, 0.25) is 0 Å². The van der Waals surface area contributed by atoms with Crippen molar-refractivity contribution < 1.29 is 0 Å². The number of hydrogen-bond acceptors (Lipinski definition) is 2. The summed E-state index contributed by atoms with van der Waals surface area (Å²) in [7, 11) is 0. The molecule has 1 unspecified atom stereocenters. The van der Waals surface area contributed by atoms with Crippen molar-refractivity contribution in [2.75, 3.05) is 26.2 Å². The summed E-state index contributed by atoms with van der Waals surface area (Å²) < 4.78 is 0. The maximum Gasteiger partial charge on any atom is 0.0223 e. The van der Waals surface area contributed by atoms with E-state index in [0.717, 1.165) is 24.9 Å². The summed E-state index contributed by atoms with van der Waals surface area (Å²) in [6.45, 7) is 6.80. The van der Waals surface area contributed by atoms with Crippen LogP contribution in [-0.4, -0.2) is 37.1 Å². The van der Waals surface area contributed by atoms with Crippen LogP contribution in [0.5, 0.6) is 0 Å². The molecule has 2 heteroatoms. The maximum atomic E-state index is 3.79. The van der Waals surface area contributed by atoms with E-state index in [0.29, 0.717) is 0 Å². The molecular weight excluding hydrogens is 220 g/mol. The zero-order valence-electron chi connectivity index (χ0n) is 11.9. The SMILES string of the molecule is CC#CCCN1CCCNC(C2CCCCC2)C1. The highest BCUT2D eigenvalue weighted by Crippen LogP contribution is 2.27. The van der Waals surface area contributed by atoms with Crippen LogP contribution in [0.25, 0.3) is 0 Å². The van der Waals surface area contributed by atoms with E-state index in [1.54, 1.807) is 0 Å². The van der Waals surface area contributed by atoms with Gasteiger partial charge in [-0.05, 0) is 45.2 Å². The first-order chi connectivity index (χ1) is 8.90. The summed E-state index contributed by atoms with van der Waals surface area (Å²) in [6, 6.07) is 0.738. The molecule has 0 aromatic carbocycles. The topological polar surface area (TPSA) is 15.3 Å². The zero-order chi connectivity index (χ0) is 12.6. The molecule has 1 saturated carbocycles. The Morgan fingerprint density at radius 1 is 1.17 bits per heavy atom. The monoisotopic (exact) mass is 248 g/mol. The van der Waals surface area contributed by atoms with Crippen molar-refractivity contribution in [1.82, 2.24) is 10.2 Å². The van der Waals surface area contributed by atoms with E-state index < -0.39 is 0 Å². The second-order valence-electron chi connectivity index (χ2n) is 5.79. The van der Waals surface area contributed by atoms with E-state index in [4.69, 9.17) is 0 Å². The Morgan fingerprint density at radius 2 is 2.00 bits per heavy atom. The van der Waals surface area contributed by atoms with Crippen LogP contribution in [0, 0.1) is 17.8 Å². The molecule has 1 atom stereocenters. The van der Waals surface area contributed by atoms with Gasteiger partial charge in [0.05, 0.1) is 0 Å². The summed E-state index contributed by atoms with van der Waals surface area (Å²) in [5, 5.41) is 3.79. The molecule has 2 rings (SSSR count). The molecule has 0 aromatic heterocycles. The first kappa shape index (κ1) is 13.9. The van der Waals surface area contributed by atoms with Gasteiger partial charge >= 0.3 is 0 Å². The minimum absolute atomic E-state index is 0.738. The fourth-order valence-corrected chi connectivity index (χ4v) is 3.42. The minimum Gasteiger partial charge on any atom is -0.312 e. The molecule has 1 aliphatic heterocycles. The molecule has 1 aliphatic carbocycles. The molecule has 1 heterocycles. The largest absolute Gasteiger partial charge is 0.312 e. The van der Waals surface area contributed by atoms with Crippen LogP contribution >= 0.6 is 0 Å². The van der Waals surface area contributed by atoms with Crippen molar-refractivity contribution in [1.29, 1.82) is 0 Å². The molecule has 0 bridgehead atoms. The predicted octanol–water partition coefficient (Wildman–Crippen LogP) is 2.64. The smallest absolute Gasteiger partial charge is 0.0223 e. The normalized spacial score (nSPS) is 27.3. The third-order valence-electron chi connectivity index (χ3n) is 4.46. The van der Waals surface area contributed by atoms with E-state index >= 15 is 0 Å². The lowest BCUT2D eigenvalue weighted by Gasteiger charge is -2.32. The van der Waals surface area contributed by atoms with Crippen LogP contribution in [0.15, 0.2) is 0 Å². The predicted molar refractivity (Wildman–Crippen MR) is 77.5 cm³/mol. The van der Waals surface area contributed by atoms with E-state index in [1.165, 1.54) is 58.2 Å². The Labute approximate surface area is 113 Å². The lowest BCUT2D eigenvalue weighted by molar-refractivity contribution is 0.209. The molecule has 2 nitrogen and oxygen atoms in total. The van der Waals surface area contributed by atoms with Gasteiger partial charge in [-0.1, -0.05) is 19.3 Å². The van der Waals surface area contributed by atoms with Crippen LogP contribution in [0.2, 0.25) is 0 Å². The lowest BCUT2D eigenvalue weighted by Crippen LogP contribution is -2.43. The van der Waals surface area contributed by atoms with E-state index in [-0.39, 0.29) is 0 Å². The van der Waals surface area contributed by atoms with Crippen molar-refractivity contribution in [2.45, 2.75) is 57.9 Å². The third kappa shape index (κ3) is 4.30. The Kier molecular flexibility index (Phi) is 6.04. The number of nitrogens with zero attached hydrogens (tertiary/aromatic N) is 1. The summed E-state index contributed by atoms with van der Waals surface area (Å²) in [5.41, 5.74) is 0. The fraction of sp³-hybridized carbons (Fsp3) is 0.875. The first-order valence-electron chi connectivity index (χ1n) is 7.75. The van der Waals surface area contributed by atoms with E-state index in [1.807, 2.05) is 6.92 Å². The molecule has 2 fully saturated rings. The van der Waals surface area contributed by atoms with Crippen molar-refractivity contribution in [3.63, 3.8) is 0 Å². The lowest BCUT2D eigenvalue weighted by atomic mass is 9.83. The summed E-state index contributed by atoms with van der Waals surface area (Å²) in [6.07, 6.45) is 9.57. The van der Waals surface area contributed by atoms with Gasteiger partial charge in [0, 0.05) is 25.6 Å². The van der Waals surface area contributed by atoms with Gasteiger partial charge in [-0.3, -0.25) is 0 Å². The van der Waals surface area contributed by atoms with Crippen LogP contribution in [0.4, 0.5) is 0 Å². The quantitative estimate of drug-likeness (QED) is 0.773. The van der Waals surface area contributed by atoms with Crippen molar-refractivity contribution >= 4 is 0 Å². The highest BCUT2D eigenvalue weighted by molar-refractivity contribution is 4.96. The molecular formula is C16H28N2. The van der Waals surface area contributed by atoms with E-state index in [2.05, 4.69) is 22.1 Å². The third-order valence-corrected chi connectivity index (χ3v) is 4.46. The van der Waals surface area contributed by atoms with Gasteiger partial charge in [0.1, 0.15) is 0 Å². The number of hydrogen-bond donors (Lipinski definition) is 1. The Bertz CT molecular complexity index is 283. The Hall–Kier alpha value is -0.520. The van der Waals surface area contributed by atoms with Gasteiger partial charge in [-0.15, -0.1) is 11.8 Å². The molecule has 0 radical (unpaired) electrons. The standard InChI is InChI=1S/C16H28N2/c1-2-3-7-12-18-13-8-11-17-16(14-18)15-9-5-4-6-10-15/h15-17H,4-14H2,1H3. The molecule has 18 heavy (non-hydrogen) atoms. The molecule has 1 saturated heterocycles. The summed E-state index contributed by atoms with van der Waals surface area (Å²) in [4.78, 5) is 2.63. The molecule has 0 amide bonds. The number of nitrogens with one attached hydrogen (secondary N) is 1.